The van der Waals surface area contributed by atoms with E-state index in [0.717, 1.165) is 56.3 Å². The quantitative estimate of drug-likeness (QED) is 0.347. The van der Waals surface area contributed by atoms with Gasteiger partial charge in [0.05, 0.1) is 13.0 Å². The summed E-state index contributed by atoms with van der Waals surface area (Å²) in [6.45, 7) is 9.57. The van der Waals surface area contributed by atoms with Crippen molar-refractivity contribution < 1.29 is 14.3 Å². The van der Waals surface area contributed by atoms with Gasteiger partial charge in [-0.15, -0.1) is 0 Å². The van der Waals surface area contributed by atoms with Crippen LogP contribution in [0.5, 0.6) is 0 Å². The fraction of sp³-hybridized carbons (Fsp3) is 0.857. The van der Waals surface area contributed by atoms with E-state index in [0.29, 0.717) is 28.4 Å². The number of ketones is 1. The Labute approximate surface area is 189 Å². The molecule has 0 spiro atoms. The zero-order valence-corrected chi connectivity index (χ0v) is 20.5. The Hall–Kier alpha value is -1.12. The number of esters is 1. The van der Waals surface area contributed by atoms with Crippen molar-refractivity contribution in [1.29, 1.82) is 0 Å². The van der Waals surface area contributed by atoms with Crippen molar-refractivity contribution in [3.05, 3.63) is 11.6 Å². The zero-order chi connectivity index (χ0) is 22.4. The van der Waals surface area contributed by atoms with Gasteiger partial charge in [0.1, 0.15) is 5.78 Å². The van der Waals surface area contributed by atoms with E-state index < -0.39 is 0 Å². The monoisotopic (exact) mass is 428 g/mol. The number of carbonyl (C=O) groups is 2. The van der Waals surface area contributed by atoms with Gasteiger partial charge >= 0.3 is 5.97 Å². The summed E-state index contributed by atoms with van der Waals surface area (Å²) in [5, 5.41) is 0. The molecule has 0 aromatic heterocycles. The Morgan fingerprint density at radius 3 is 2.58 bits per heavy atom. The van der Waals surface area contributed by atoms with Gasteiger partial charge in [-0.25, -0.2) is 0 Å². The third kappa shape index (κ3) is 3.93. The molecule has 3 saturated carbocycles. The Bertz CT molecular complexity index is 739. The maximum absolute atomic E-state index is 12.1. The third-order valence-electron chi connectivity index (χ3n) is 10.6. The van der Waals surface area contributed by atoms with Crippen LogP contribution in [0.2, 0.25) is 0 Å². The van der Waals surface area contributed by atoms with Crippen LogP contribution in [0.25, 0.3) is 0 Å². The van der Waals surface area contributed by atoms with Crippen molar-refractivity contribution in [2.75, 3.05) is 7.11 Å². The number of carbonyl (C=O) groups excluding carboxylic acids is 2. The average molecular weight is 429 g/mol. The lowest BCUT2D eigenvalue weighted by atomic mass is 9.47. The van der Waals surface area contributed by atoms with Crippen LogP contribution in [0, 0.1) is 46.3 Å². The number of rotatable bonds is 6. The van der Waals surface area contributed by atoms with Gasteiger partial charge in [-0.1, -0.05) is 52.2 Å². The summed E-state index contributed by atoms with van der Waals surface area (Å²) in [6.07, 6.45) is 15.1. The first-order valence-electron chi connectivity index (χ1n) is 13.0. The summed E-state index contributed by atoms with van der Waals surface area (Å²) in [5.74, 6) is 4.01. The van der Waals surface area contributed by atoms with Crippen LogP contribution >= 0.6 is 0 Å². The zero-order valence-electron chi connectivity index (χ0n) is 20.5. The Morgan fingerprint density at radius 2 is 1.84 bits per heavy atom. The molecule has 0 radical (unpaired) electrons. The number of allylic oxidation sites excluding steroid dienone is 2. The third-order valence-corrected chi connectivity index (χ3v) is 10.6. The summed E-state index contributed by atoms with van der Waals surface area (Å²) < 4.78 is 4.89. The number of fused-ring (bicyclic) bond motifs is 5. The van der Waals surface area contributed by atoms with E-state index in [9.17, 15) is 9.59 Å². The molecule has 3 heteroatoms. The first kappa shape index (κ1) is 23.1. The van der Waals surface area contributed by atoms with E-state index >= 15 is 0 Å². The molecule has 0 N–H and O–H groups in total. The molecule has 31 heavy (non-hydrogen) atoms. The molecular weight excluding hydrogens is 384 g/mol. The summed E-state index contributed by atoms with van der Waals surface area (Å²) in [5.41, 5.74) is 2.58. The van der Waals surface area contributed by atoms with Crippen LogP contribution in [0.4, 0.5) is 0 Å². The predicted octanol–water partition coefficient (Wildman–Crippen LogP) is 6.75. The topological polar surface area (TPSA) is 43.4 Å². The van der Waals surface area contributed by atoms with Crippen LogP contribution in [0.3, 0.4) is 0 Å². The van der Waals surface area contributed by atoms with Gasteiger partial charge in [-0.2, -0.15) is 0 Å². The van der Waals surface area contributed by atoms with Gasteiger partial charge < -0.3 is 4.74 Å². The van der Waals surface area contributed by atoms with Crippen LogP contribution in [-0.2, 0) is 14.3 Å². The molecule has 0 bridgehead atoms. The SMILES string of the molecule is COC(=O)[C@H](C)CCCC(C)[C@H]1CCC2C3=CCC4CC(=O)CC[C@]4(C)C3CC[C@@]21C. The maximum Gasteiger partial charge on any atom is 0.308 e. The minimum atomic E-state index is -0.0701. The molecule has 0 saturated heterocycles. The highest BCUT2D eigenvalue weighted by Gasteiger charge is 2.58. The first-order valence-corrected chi connectivity index (χ1v) is 13.0. The molecule has 4 aliphatic carbocycles. The van der Waals surface area contributed by atoms with Gasteiger partial charge in [0.2, 0.25) is 0 Å². The number of ether oxygens (including phenoxy) is 1. The number of hydrogen-bond acceptors (Lipinski definition) is 3. The molecule has 3 fully saturated rings. The fourth-order valence-electron chi connectivity index (χ4n) is 8.54. The Kier molecular flexibility index (Phi) is 6.45. The molecule has 4 rings (SSSR count). The number of Topliss-reactive ketones (excluding diaryl/α,β-unsaturated/α-hetero) is 1. The minimum absolute atomic E-state index is 0.0167. The Morgan fingerprint density at radius 1 is 1.10 bits per heavy atom. The molecule has 3 nitrogen and oxygen atoms in total. The molecule has 4 unspecified atom stereocenters. The standard InChI is InChI=1S/C28H44O3/c1-18(7-6-8-19(2)26(30)31-5)23-11-12-24-22-10-9-20-17-21(29)13-15-27(20,3)25(22)14-16-28(23,24)4/h10,18-20,23-25H,6-9,11-17H2,1-5H3/t18?,19-,20?,23-,24?,25?,27+,28-/m1/s1. The van der Waals surface area contributed by atoms with E-state index in [4.69, 9.17) is 4.74 Å². The van der Waals surface area contributed by atoms with Crippen molar-refractivity contribution in [3.63, 3.8) is 0 Å². The molecule has 0 aromatic rings. The molecule has 0 amide bonds. The van der Waals surface area contributed by atoms with Crippen molar-refractivity contribution in [1.82, 2.24) is 0 Å². The van der Waals surface area contributed by atoms with Crippen molar-refractivity contribution in [2.45, 2.75) is 98.3 Å². The van der Waals surface area contributed by atoms with Crippen molar-refractivity contribution in [3.8, 4) is 0 Å². The Balaban J connectivity index is 1.43. The van der Waals surface area contributed by atoms with Gasteiger partial charge in [0.25, 0.3) is 0 Å². The number of hydrogen-bond donors (Lipinski definition) is 0. The minimum Gasteiger partial charge on any atom is -0.469 e. The van der Waals surface area contributed by atoms with Gasteiger partial charge in [-0.05, 0) is 85.4 Å². The van der Waals surface area contributed by atoms with E-state index in [1.165, 1.54) is 39.2 Å². The second kappa shape index (κ2) is 8.67. The molecule has 174 valence electrons. The second-order valence-electron chi connectivity index (χ2n) is 12.1. The average Bonchev–Trinajstić information content (AvgIpc) is 3.10. The molecule has 8 atom stereocenters. The van der Waals surface area contributed by atoms with Crippen LogP contribution in [-0.4, -0.2) is 18.9 Å². The predicted molar refractivity (Wildman–Crippen MR) is 124 cm³/mol. The summed E-state index contributed by atoms with van der Waals surface area (Å²) in [6, 6.07) is 0. The fourth-order valence-corrected chi connectivity index (χ4v) is 8.54. The summed E-state index contributed by atoms with van der Waals surface area (Å²) in [4.78, 5) is 23.8. The largest absolute Gasteiger partial charge is 0.469 e. The van der Waals surface area contributed by atoms with Crippen LogP contribution < -0.4 is 0 Å². The number of methoxy groups -OCH3 is 1. The summed E-state index contributed by atoms with van der Waals surface area (Å²) >= 11 is 0. The first-order chi connectivity index (χ1) is 14.7. The molecule has 0 aromatic carbocycles. The van der Waals surface area contributed by atoms with E-state index in [1.807, 2.05) is 6.92 Å². The van der Waals surface area contributed by atoms with Crippen LogP contribution in [0.1, 0.15) is 98.3 Å². The lowest BCUT2D eigenvalue weighted by Gasteiger charge is -2.57. The molecule has 4 aliphatic rings. The normalized spacial score (nSPS) is 41.5. The molecule has 0 heterocycles. The lowest BCUT2D eigenvalue weighted by Crippen LogP contribution is -2.49. The highest BCUT2D eigenvalue weighted by Crippen LogP contribution is 2.66. The highest BCUT2D eigenvalue weighted by atomic mass is 16.5. The summed E-state index contributed by atoms with van der Waals surface area (Å²) in [7, 11) is 1.49. The van der Waals surface area contributed by atoms with Gasteiger partial charge in [0, 0.05) is 12.8 Å². The van der Waals surface area contributed by atoms with E-state index in [-0.39, 0.29) is 11.9 Å². The molecule has 0 aliphatic heterocycles. The maximum atomic E-state index is 12.1. The van der Waals surface area contributed by atoms with E-state index in [1.54, 1.807) is 5.57 Å². The van der Waals surface area contributed by atoms with Crippen LogP contribution in [0.15, 0.2) is 11.6 Å². The van der Waals surface area contributed by atoms with E-state index in [2.05, 4.69) is 26.8 Å². The van der Waals surface area contributed by atoms with Crippen molar-refractivity contribution in [2.24, 2.45) is 46.3 Å². The van der Waals surface area contributed by atoms with Crippen molar-refractivity contribution >= 4 is 11.8 Å². The smallest absolute Gasteiger partial charge is 0.308 e. The van der Waals surface area contributed by atoms with Gasteiger partial charge in [-0.3, -0.25) is 9.59 Å². The molecular formula is C28H44O3. The highest BCUT2D eigenvalue weighted by molar-refractivity contribution is 5.79. The lowest BCUT2D eigenvalue weighted by molar-refractivity contribution is -0.145. The van der Waals surface area contributed by atoms with Gasteiger partial charge in [0.15, 0.2) is 0 Å². The second-order valence-corrected chi connectivity index (χ2v) is 12.1.